The maximum Gasteiger partial charge on any atom is 0.160 e. The molecule has 1 unspecified atom stereocenters. The summed E-state index contributed by atoms with van der Waals surface area (Å²) in [7, 11) is 0. The average molecular weight is 861 g/mol. The molecule has 66 heavy (non-hydrogen) atoms. The standard InChI is InChI=1S/C61H46F2N2O/c1-5-45(35-41(4)62)64(46-31-27-39(2)28-32-46)55-38-53-59(58-51-25-14-15-26-56(51)66-60(55)58)57-50-24-13-12-23-49(50)54(65(47-33-29-40(3)30-34-47)48-22-16-21-44(63)36-48)37-52(57)61(53,42-17-8-6-9-18-42)43-19-10-7-11-20-43/h5-29,31-38,40H,1,4,30H2,2-3H3/b45-35+. The van der Waals surface area contributed by atoms with Crippen molar-refractivity contribution in [3.63, 3.8) is 0 Å². The van der Waals surface area contributed by atoms with Gasteiger partial charge in [-0.15, -0.1) is 0 Å². The number of anilines is 4. The van der Waals surface area contributed by atoms with Crippen molar-refractivity contribution in [3.05, 3.63) is 264 Å². The first-order valence-electron chi connectivity index (χ1n) is 22.4. The number of halogens is 2. The Balaban J connectivity index is 1.36. The van der Waals surface area contributed by atoms with E-state index in [4.69, 9.17) is 4.42 Å². The number of fused-ring (bicyclic) bond motifs is 9. The Kier molecular flexibility index (Phi) is 10.00. The maximum absolute atomic E-state index is 15.5. The second kappa shape index (κ2) is 16.2. The van der Waals surface area contributed by atoms with Crippen LogP contribution in [0.15, 0.2) is 235 Å². The largest absolute Gasteiger partial charge is 0.454 e. The zero-order chi connectivity index (χ0) is 45.1. The average Bonchev–Trinajstić information content (AvgIpc) is 3.87. The fourth-order valence-electron chi connectivity index (χ4n) is 10.4. The molecule has 0 spiro atoms. The summed E-state index contributed by atoms with van der Waals surface area (Å²) in [5, 5.41) is 3.96. The Morgan fingerprint density at radius 1 is 0.697 bits per heavy atom. The van der Waals surface area contributed by atoms with E-state index in [2.05, 4.69) is 171 Å². The van der Waals surface area contributed by atoms with Gasteiger partial charge in [0.05, 0.1) is 16.8 Å². The number of allylic oxidation sites excluding steroid dienone is 6. The van der Waals surface area contributed by atoms with Crippen LogP contribution in [0.2, 0.25) is 0 Å². The lowest BCUT2D eigenvalue weighted by Gasteiger charge is -2.36. The van der Waals surface area contributed by atoms with Gasteiger partial charge in [-0.25, -0.2) is 8.78 Å². The van der Waals surface area contributed by atoms with Crippen molar-refractivity contribution in [1.29, 1.82) is 0 Å². The van der Waals surface area contributed by atoms with Crippen molar-refractivity contribution in [2.24, 2.45) is 5.92 Å². The lowest BCUT2D eigenvalue weighted by atomic mass is 9.67. The van der Waals surface area contributed by atoms with Gasteiger partial charge in [-0.05, 0) is 125 Å². The second-order valence-electron chi connectivity index (χ2n) is 17.4. The maximum atomic E-state index is 15.5. The SMILES string of the molecule is C=C/C(=C\C(=C)F)N(c1ccc(C)cc1)c1cc2c(c3c1oc1ccccc13)-c1c(cc(N(C3=CCC(C)C=C3)c3cccc(F)c3)c3ccccc13)C2(c1ccccc1)c1ccccc1. The molecule has 0 aliphatic heterocycles. The van der Waals surface area contributed by atoms with E-state index in [9.17, 15) is 0 Å². The van der Waals surface area contributed by atoms with Crippen LogP contribution in [0.4, 0.5) is 31.5 Å². The fourth-order valence-corrected chi connectivity index (χ4v) is 10.4. The van der Waals surface area contributed by atoms with Gasteiger partial charge in [-0.1, -0.05) is 159 Å². The first-order chi connectivity index (χ1) is 32.3. The van der Waals surface area contributed by atoms with Crippen molar-refractivity contribution >= 4 is 55.5 Å². The normalized spacial score (nSPS) is 15.1. The minimum atomic E-state index is -0.924. The number of hydrogen-bond donors (Lipinski definition) is 0. The van der Waals surface area contributed by atoms with E-state index < -0.39 is 11.2 Å². The third-order valence-corrected chi connectivity index (χ3v) is 13.3. The van der Waals surface area contributed by atoms with E-state index in [1.54, 1.807) is 18.2 Å². The van der Waals surface area contributed by atoms with E-state index in [0.717, 1.165) is 101 Å². The van der Waals surface area contributed by atoms with Crippen LogP contribution >= 0.6 is 0 Å². The number of benzene rings is 8. The Morgan fingerprint density at radius 3 is 1.98 bits per heavy atom. The first kappa shape index (κ1) is 40.7. The molecule has 1 aromatic heterocycles. The first-order valence-corrected chi connectivity index (χ1v) is 22.4. The molecule has 0 saturated carbocycles. The van der Waals surface area contributed by atoms with Gasteiger partial charge >= 0.3 is 0 Å². The van der Waals surface area contributed by atoms with Crippen LogP contribution in [0.3, 0.4) is 0 Å². The number of para-hydroxylation sites is 1. The summed E-state index contributed by atoms with van der Waals surface area (Å²) in [6, 6.07) is 57.9. The molecule has 2 aliphatic carbocycles. The molecule has 320 valence electrons. The predicted octanol–water partition coefficient (Wildman–Crippen LogP) is 16.9. The second-order valence-corrected chi connectivity index (χ2v) is 17.4. The molecule has 3 nitrogen and oxygen atoms in total. The van der Waals surface area contributed by atoms with Gasteiger partial charge in [-0.2, -0.15) is 0 Å². The Hall–Kier alpha value is -8.02. The van der Waals surface area contributed by atoms with E-state index in [-0.39, 0.29) is 5.82 Å². The molecule has 1 heterocycles. The summed E-state index contributed by atoms with van der Waals surface area (Å²) >= 11 is 0. The molecule has 0 radical (unpaired) electrons. The molecule has 2 aliphatic rings. The summed E-state index contributed by atoms with van der Waals surface area (Å²) in [5.41, 5.74) is 12.6. The molecule has 5 heteroatoms. The summed E-state index contributed by atoms with van der Waals surface area (Å²) in [5.74, 6) is -0.534. The highest BCUT2D eigenvalue weighted by molar-refractivity contribution is 6.23. The molecule has 1 atom stereocenters. The van der Waals surface area contributed by atoms with Crippen molar-refractivity contribution in [2.45, 2.75) is 25.7 Å². The van der Waals surface area contributed by atoms with Gasteiger partial charge in [0, 0.05) is 38.9 Å². The van der Waals surface area contributed by atoms with Crippen LogP contribution in [0.25, 0.3) is 43.8 Å². The number of hydrogen-bond acceptors (Lipinski definition) is 3. The van der Waals surface area contributed by atoms with Gasteiger partial charge < -0.3 is 14.2 Å². The lowest BCUT2D eigenvalue weighted by molar-refractivity contribution is 0.628. The van der Waals surface area contributed by atoms with E-state index in [1.165, 1.54) is 12.1 Å². The van der Waals surface area contributed by atoms with Crippen LogP contribution in [0, 0.1) is 18.7 Å². The third-order valence-electron chi connectivity index (χ3n) is 13.3. The molecule has 0 fully saturated rings. The zero-order valence-corrected chi connectivity index (χ0v) is 36.8. The van der Waals surface area contributed by atoms with Gasteiger partial charge in [0.25, 0.3) is 0 Å². The van der Waals surface area contributed by atoms with Crippen molar-refractivity contribution in [3.8, 4) is 11.1 Å². The van der Waals surface area contributed by atoms with Crippen LogP contribution in [0.1, 0.15) is 41.2 Å². The minimum absolute atomic E-state index is 0.309. The van der Waals surface area contributed by atoms with E-state index >= 15 is 8.78 Å². The van der Waals surface area contributed by atoms with Gasteiger partial charge in [0.2, 0.25) is 0 Å². The summed E-state index contributed by atoms with van der Waals surface area (Å²) < 4.78 is 37.8. The van der Waals surface area contributed by atoms with Gasteiger partial charge in [0.1, 0.15) is 17.2 Å². The molecular weight excluding hydrogens is 815 g/mol. The van der Waals surface area contributed by atoms with E-state index in [0.29, 0.717) is 17.2 Å². The molecule has 0 N–H and O–H groups in total. The van der Waals surface area contributed by atoms with Crippen LogP contribution < -0.4 is 9.80 Å². The molecule has 0 saturated heterocycles. The molecule has 11 rings (SSSR count). The molecular formula is C61H46F2N2O. The Morgan fingerprint density at radius 2 is 1.33 bits per heavy atom. The highest BCUT2D eigenvalue weighted by atomic mass is 19.1. The smallest absolute Gasteiger partial charge is 0.160 e. The lowest BCUT2D eigenvalue weighted by Crippen LogP contribution is -2.29. The van der Waals surface area contributed by atoms with Crippen LogP contribution in [-0.2, 0) is 5.41 Å². The number of nitrogens with zero attached hydrogens (tertiary/aromatic N) is 2. The van der Waals surface area contributed by atoms with Gasteiger partial charge in [-0.3, -0.25) is 0 Å². The Labute approximate surface area is 383 Å². The predicted molar refractivity (Wildman–Crippen MR) is 270 cm³/mol. The quantitative estimate of drug-likeness (QED) is 0.128. The van der Waals surface area contributed by atoms with Crippen molar-refractivity contribution < 1.29 is 13.2 Å². The molecule has 0 amide bonds. The van der Waals surface area contributed by atoms with E-state index in [1.807, 2.05) is 35.2 Å². The minimum Gasteiger partial charge on any atom is -0.454 e. The number of furan rings is 1. The summed E-state index contributed by atoms with van der Waals surface area (Å²) in [6.45, 7) is 12.1. The third kappa shape index (κ3) is 6.45. The highest BCUT2D eigenvalue weighted by Gasteiger charge is 2.49. The highest BCUT2D eigenvalue weighted by Crippen LogP contribution is 2.63. The topological polar surface area (TPSA) is 19.6 Å². The monoisotopic (exact) mass is 860 g/mol. The Bertz CT molecular complexity index is 3450. The van der Waals surface area contributed by atoms with Gasteiger partial charge in [0.15, 0.2) is 5.58 Å². The summed E-state index contributed by atoms with van der Waals surface area (Å²) in [6.07, 6.45) is 10.6. The van der Waals surface area contributed by atoms with Crippen LogP contribution in [-0.4, -0.2) is 0 Å². The molecule has 0 bridgehead atoms. The molecule has 8 aromatic carbocycles. The van der Waals surface area contributed by atoms with Crippen molar-refractivity contribution in [2.75, 3.05) is 9.80 Å². The number of rotatable bonds is 10. The van der Waals surface area contributed by atoms with Crippen molar-refractivity contribution in [1.82, 2.24) is 0 Å². The molecule has 9 aromatic rings. The van der Waals surface area contributed by atoms with Crippen LogP contribution in [0.5, 0.6) is 0 Å². The number of aryl methyl sites for hydroxylation is 1. The summed E-state index contributed by atoms with van der Waals surface area (Å²) in [4.78, 5) is 4.25. The fraction of sp³-hybridized carbons (Fsp3) is 0.0820. The zero-order valence-electron chi connectivity index (χ0n) is 36.8.